The van der Waals surface area contributed by atoms with E-state index in [1.807, 2.05) is 0 Å². The lowest BCUT2D eigenvalue weighted by Crippen LogP contribution is -2.39. The summed E-state index contributed by atoms with van der Waals surface area (Å²) in [6.07, 6.45) is 9.66. The number of hydrogen-bond acceptors (Lipinski definition) is 3. The molecule has 1 aliphatic heterocycles. The van der Waals surface area contributed by atoms with Gasteiger partial charge in [-0.25, -0.2) is 0 Å². The molecule has 0 aliphatic carbocycles. The average Bonchev–Trinajstić information content (AvgIpc) is 2.95. The SMILES string of the molecule is CCC(CC)n1ccc(CC(NC)C2CCCCS2)n1. The van der Waals surface area contributed by atoms with Crippen LogP contribution in [0.5, 0.6) is 0 Å². The molecule has 0 spiro atoms. The Morgan fingerprint density at radius 3 is 2.80 bits per heavy atom. The van der Waals surface area contributed by atoms with Crippen molar-refractivity contribution in [3.8, 4) is 0 Å². The van der Waals surface area contributed by atoms with Crippen LogP contribution in [0.15, 0.2) is 12.3 Å². The number of nitrogens with one attached hydrogen (secondary N) is 1. The summed E-state index contributed by atoms with van der Waals surface area (Å²) in [4.78, 5) is 0. The fourth-order valence-electron chi connectivity index (χ4n) is 3.08. The maximum absolute atomic E-state index is 4.80. The largest absolute Gasteiger partial charge is 0.316 e. The van der Waals surface area contributed by atoms with Crippen LogP contribution in [0, 0.1) is 0 Å². The van der Waals surface area contributed by atoms with E-state index in [2.05, 4.69) is 54.9 Å². The minimum atomic E-state index is 0.556. The predicted molar refractivity (Wildman–Crippen MR) is 88.5 cm³/mol. The summed E-state index contributed by atoms with van der Waals surface area (Å²) in [5, 5.41) is 9.08. The molecule has 2 atom stereocenters. The molecule has 0 aromatic carbocycles. The molecule has 114 valence electrons. The molecule has 0 amide bonds. The quantitative estimate of drug-likeness (QED) is 0.832. The first-order valence-corrected chi connectivity index (χ1v) is 9.16. The third-order valence-corrected chi connectivity index (χ3v) is 5.96. The van der Waals surface area contributed by atoms with Crippen LogP contribution >= 0.6 is 11.8 Å². The lowest BCUT2D eigenvalue weighted by molar-refractivity contribution is 0.421. The van der Waals surface area contributed by atoms with Gasteiger partial charge in [-0.15, -0.1) is 0 Å². The minimum absolute atomic E-state index is 0.556. The summed E-state index contributed by atoms with van der Waals surface area (Å²) in [5.74, 6) is 1.32. The fourth-order valence-corrected chi connectivity index (χ4v) is 4.55. The van der Waals surface area contributed by atoms with E-state index >= 15 is 0 Å². The Balaban J connectivity index is 1.96. The first kappa shape index (κ1) is 15.9. The standard InChI is InChI=1S/C16H29N3S/c1-4-14(5-2)19-10-9-13(18-19)12-15(17-3)16-8-6-7-11-20-16/h9-10,14-17H,4-8,11-12H2,1-3H3. The fraction of sp³-hybridized carbons (Fsp3) is 0.812. The van der Waals surface area contributed by atoms with E-state index in [4.69, 9.17) is 5.10 Å². The van der Waals surface area contributed by atoms with Crippen LogP contribution in [-0.2, 0) is 6.42 Å². The topological polar surface area (TPSA) is 29.9 Å². The number of thioether (sulfide) groups is 1. The zero-order valence-electron chi connectivity index (χ0n) is 13.1. The molecule has 1 fully saturated rings. The second kappa shape index (κ2) is 8.08. The normalized spacial score (nSPS) is 21.3. The molecule has 3 nitrogen and oxygen atoms in total. The van der Waals surface area contributed by atoms with Crippen molar-refractivity contribution in [3.63, 3.8) is 0 Å². The molecule has 1 N–H and O–H groups in total. The maximum atomic E-state index is 4.80. The zero-order chi connectivity index (χ0) is 14.4. The smallest absolute Gasteiger partial charge is 0.0640 e. The van der Waals surface area contributed by atoms with E-state index in [0.717, 1.165) is 24.5 Å². The van der Waals surface area contributed by atoms with Crippen LogP contribution in [0.4, 0.5) is 0 Å². The summed E-state index contributed by atoms with van der Waals surface area (Å²) >= 11 is 2.14. The van der Waals surface area contributed by atoms with Crippen LogP contribution in [0.3, 0.4) is 0 Å². The monoisotopic (exact) mass is 295 g/mol. The van der Waals surface area contributed by atoms with Crippen molar-refractivity contribution in [3.05, 3.63) is 18.0 Å². The lowest BCUT2D eigenvalue weighted by Gasteiger charge is -2.29. The summed E-state index contributed by atoms with van der Waals surface area (Å²) in [6, 6.07) is 3.32. The third-order valence-electron chi connectivity index (χ3n) is 4.44. The van der Waals surface area contributed by atoms with Crippen LogP contribution in [-0.4, -0.2) is 33.9 Å². The average molecular weight is 295 g/mol. The van der Waals surface area contributed by atoms with Crippen LogP contribution in [0.25, 0.3) is 0 Å². The molecule has 1 aromatic heterocycles. The first-order valence-electron chi connectivity index (χ1n) is 8.11. The molecule has 20 heavy (non-hydrogen) atoms. The lowest BCUT2D eigenvalue weighted by atomic mass is 10.0. The molecule has 2 heterocycles. The van der Waals surface area contributed by atoms with Gasteiger partial charge in [0.1, 0.15) is 0 Å². The highest BCUT2D eigenvalue weighted by atomic mass is 32.2. The van der Waals surface area contributed by atoms with E-state index in [-0.39, 0.29) is 0 Å². The van der Waals surface area contributed by atoms with E-state index in [0.29, 0.717) is 12.1 Å². The van der Waals surface area contributed by atoms with Crippen LogP contribution < -0.4 is 5.32 Å². The van der Waals surface area contributed by atoms with Gasteiger partial charge < -0.3 is 5.32 Å². The Hall–Kier alpha value is -0.480. The summed E-state index contributed by atoms with van der Waals surface area (Å²) in [5.41, 5.74) is 1.24. The van der Waals surface area contributed by atoms with Crippen LogP contribution in [0.1, 0.15) is 57.7 Å². The van der Waals surface area contributed by atoms with Gasteiger partial charge in [0.05, 0.1) is 11.7 Å². The highest BCUT2D eigenvalue weighted by Gasteiger charge is 2.24. The van der Waals surface area contributed by atoms with Gasteiger partial charge >= 0.3 is 0 Å². The van der Waals surface area contributed by atoms with Crippen molar-refractivity contribution >= 4 is 11.8 Å². The Labute approximate surface area is 127 Å². The van der Waals surface area contributed by atoms with Crippen molar-refractivity contribution in [2.24, 2.45) is 0 Å². The third kappa shape index (κ3) is 4.01. The molecule has 1 aromatic rings. The van der Waals surface area contributed by atoms with E-state index in [1.54, 1.807) is 0 Å². The Morgan fingerprint density at radius 2 is 2.20 bits per heavy atom. The molecule has 0 radical (unpaired) electrons. The van der Waals surface area contributed by atoms with Crippen LogP contribution in [0.2, 0.25) is 0 Å². The number of hydrogen-bond donors (Lipinski definition) is 1. The molecule has 1 saturated heterocycles. The first-order chi connectivity index (χ1) is 9.78. The van der Waals surface area contributed by atoms with Crippen molar-refractivity contribution in [2.75, 3.05) is 12.8 Å². The number of nitrogens with zero attached hydrogens (tertiary/aromatic N) is 2. The molecule has 2 unspecified atom stereocenters. The van der Waals surface area contributed by atoms with E-state index < -0.39 is 0 Å². The molecule has 0 bridgehead atoms. The highest BCUT2D eigenvalue weighted by molar-refractivity contribution is 8.00. The molecule has 2 rings (SSSR count). The minimum Gasteiger partial charge on any atom is -0.316 e. The Kier molecular flexibility index (Phi) is 6.43. The van der Waals surface area contributed by atoms with E-state index in [9.17, 15) is 0 Å². The van der Waals surface area contributed by atoms with Gasteiger partial charge in [0.25, 0.3) is 0 Å². The number of aromatic nitrogens is 2. The Morgan fingerprint density at radius 1 is 1.40 bits per heavy atom. The predicted octanol–water partition coefficient (Wildman–Crippen LogP) is 3.66. The van der Waals surface area contributed by atoms with Crippen molar-refractivity contribution in [1.29, 1.82) is 0 Å². The number of likely N-dealkylation sites (N-methyl/N-ethyl adjacent to an activating group) is 1. The molecule has 1 aliphatic rings. The second-order valence-corrected chi connectivity index (χ2v) is 7.11. The van der Waals surface area contributed by atoms with Crippen molar-refractivity contribution in [1.82, 2.24) is 15.1 Å². The van der Waals surface area contributed by atoms with Gasteiger partial charge in [-0.1, -0.05) is 20.3 Å². The van der Waals surface area contributed by atoms with Gasteiger partial charge in [-0.2, -0.15) is 16.9 Å². The van der Waals surface area contributed by atoms with Crippen molar-refractivity contribution < 1.29 is 0 Å². The molecule has 0 saturated carbocycles. The molecular formula is C16H29N3S. The van der Waals surface area contributed by atoms with Gasteiger partial charge in [-0.3, -0.25) is 4.68 Å². The summed E-state index contributed by atoms with van der Waals surface area (Å²) in [6.45, 7) is 4.48. The Bertz CT molecular complexity index is 381. The molecule has 4 heteroatoms. The molecular weight excluding hydrogens is 266 g/mol. The van der Waals surface area contributed by atoms with Gasteiger partial charge in [0.15, 0.2) is 0 Å². The van der Waals surface area contributed by atoms with E-state index in [1.165, 1.54) is 30.7 Å². The highest BCUT2D eigenvalue weighted by Crippen LogP contribution is 2.28. The van der Waals surface area contributed by atoms with Gasteiger partial charge in [0, 0.05) is 23.9 Å². The van der Waals surface area contributed by atoms with Crippen molar-refractivity contribution in [2.45, 2.75) is 69.7 Å². The maximum Gasteiger partial charge on any atom is 0.0640 e. The van der Waals surface area contributed by atoms with Gasteiger partial charge in [0.2, 0.25) is 0 Å². The number of rotatable bonds is 7. The zero-order valence-corrected chi connectivity index (χ0v) is 14.0. The van der Waals surface area contributed by atoms with Gasteiger partial charge in [-0.05, 0) is 44.6 Å². The summed E-state index contributed by atoms with van der Waals surface area (Å²) in [7, 11) is 2.09. The second-order valence-electron chi connectivity index (χ2n) is 5.76. The summed E-state index contributed by atoms with van der Waals surface area (Å²) < 4.78 is 2.16.